The monoisotopic (exact) mass is 419 g/mol. The van der Waals surface area contributed by atoms with E-state index in [0.717, 1.165) is 37.1 Å². The number of halogens is 3. The van der Waals surface area contributed by atoms with Crippen LogP contribution in [0.15, 0.2) is 48.5 Å². The first-order valence-corrected chi connectivity index (χ1v) is 9.74. The van der Waals surface area contributed by atoms with Gasteiger partial charge in [0, 0.05) is 36.3 Å². The van der Waals surface area contributed by atoms with Gasteiger partial charge >= 0.3 is 6.18 Å². The summed E-state index contributed by atoms with van der Waals surface area (Å²) in [5.41, 5.74) is 6.18. The van der Waals surface area contributed by atoms with E-state index in [9.17, 15) is 22.8 Å². The normalized spacial score (nSPS) is 20.0. The standard InChI is InChI=1S/C22H24F3N3O2/c1-14-12-19(27-21(30)17-6-4-16(5-7-17)20(26)29)10-11-28(14)13-15-2-8-18(9-3-15)22(23,24)25/h2-9,14,19H,10-13H2,1H3,(H2,26,29)(H,27,30). The topological polar surface area (TPSA) is 75.4 Å². The first-order valence-electron chi connectivity index (χ1n) is 9.74. The van der Waals surface area contributed by atoms with E-state index in [4.69, 9.17) is 5.73 Å². The number of likely N-dealkylation sites (tertiary alicyclic amines) is 1. The van der Waals surface area contributed by atoms with E-state index in [2.05, 4.69) is 10.2 Å². The summed E-state index contributed by atoms with van der Waals surface area (Å²) in [6.45, 7) is 3.34. The second-order valence-electron chi connectivity index (χ2n) is 7.65. The minimum atomic E-state index is -4.33. The molecule has 3 N–H and O–H groups in total. The summed E-state index contributed by atoms with van der Waals surface area (Å²) in [4.78, 5) is 25.8. The number of carbonyl (C=O) groups excluding carboxylic acids is 2. The largest absolute Gasteiger partial charge is 0.416 e. The summed E-state index contributed by atoms with van der Waals surface area (Å²) in [5.74, 6) is -0.754. The maximum atomic E-state index is 12.7. The lowest BCUT2D eigenvalue weighted by Gasteiger charge is -2.38. The summed E-state index contributed by atoms with van der Waals surface area (Å²) >= 11 is 0. The molecule has 1 aliphatic rings. The van der Waals surface area contributed by atoms with Crippen molar-refractivity contribution in [1.82, 2.24) is 10.2 Å². The number of alkyl halides is 3. The van der Waals surface area contributed by atoms with E-state index in [1.807, 2.05) is 6.92 Å². The second kappa shape index (κ2) is 8.87. The smallest absolute Gasteiger partial charge is 0.366 e. The number of amides is 2. The summed E-state index contributed by atoms with van der Waals surface area (Å²) in [7, 11) is 0. The summed E-state index contributed by atoms with van der Waals surface area (Å²) < 4.78 is 38.1. The molecule has 0 radical (unpaired) electrons. The van der Waals surface area contributed by atoms with Gasteiger partial charge in [0.15, 0.2) is 0 Å². The molecule has 0 aliphatic carbocycles. The van der Waals surface area contributed by atoms with Gasteiger partial charge in [-0.2, -0.15) is 13.2 Å². The molecule has 0 aromatic heterocycles. The lowest BCUT2D eigenvalue weighted by molar-refractivity contribution is -0.137. The lowest BCUT2D eigenvalue weighted by Crippen LogP contribution is -2.48. The van der Waals surface area contributed by atoms with Crippen LogP contribution in [0, 0.1) is 0 Å². The van der Waals surface area contributed by atoms with Crippen molar-refractivity contribution in [1.29, 1.82) is 0 Å². The van der Waals surface area contributed by atoms with Crippen LogP contribution in [0.3, 0.4) is 0 Å². The van der Waals surface area contributed by atoms with Crippen molar-refractivity contribution in [2.45, 2.75) is 44.6 Å². The van der Waals surface area contributed by atoms with E-state index in [-0.39, 0.29) is 18.0 Å². The molecule has 1 saturated heterocycles. The van der Waals surface area contributed by atoms with Crippen LogP contribution in [-0.2, 0) is 12.7 Å². The Morgan fingerprint density at radius 2 is 1.67 bits per heavy atom. The SMILES string of the molecule is CC1CC(NC(=O)c2ccc(C(N)=O)cc2)CCN1Cc1ccc(C(F)(F)F)cc1. The van der Waals surface area contributed by atoms with Gasteiger partial charge in [-0.25, -0.2) is 0 Å². The van der Waals surface area contributed by atoms with E-state index in [1.54, 1.807) is 12.1 Å². The molecular formula is C22H24F3N3O2. The molecule has 2 amide bonds. The first-order chi connectivity index (χ1) is 14.1. The van der Waals surface area contributed by atoms with E-state index < -0.39 is 17.6 Å². The number of hydrogen-bond acceptors (Lipinski definition) is 3. The molecule has 30 heavy (non-hydrogen) atoms. The molecule has 1 fully saturated rings. The van der Waals surface area contributed by atoms with Crippen molar-refractivity contribution >= 4 is 11.8 Å². The van der Waals surface area contributed by atoms with Crippen LogP contribution < -0.4 is 11.1 Å². The van der Waals surface area contributed by atoms with Crippen molar-refractivity contribution in [3.8, 4) is 0 Å². The maximum absolute atomic E-state index is 12.7. The third-order valence-electron chi connectivity index (χ3n) is 5.45. The van der Waals surface area contributed by atoms with E-state index in [0.29, 0.717) is 17.7 Å². The molecule has 0 spiro atoms. The molecule has 2 unspecified atom stereocenters. The van der Waals surface area contributed by atoms with Crippen LogP contribution in [-0.4, -0.2) is 35.3 Å². The maximum Gasteiger partial charge on any atom is 0.416 e. The van der Waals surface area contributed by atoms with Crippen LogP contribution in [0.5, 0.6) is 0 Å². The number of rotatable bonds is 5. The Morgan fingerprint density at radius 3 is 2.20 bits per heavy atom. The Kier molecular flexibility index (Phi) is 6.45. The average Bonchev–Trinajstić information content (AvgIpc) is 2.70. The number of piperidine rings is 1. The Bertz CT molecular complexity index is 895. The first kappa shape index (κ1) is 21.8. The van der Waals surface area contributed by atoms with Crippen molar-refractivity contribution in [2.24, 2.45) is 5.73 Å². The van der Waals surface area contributed by atoms with Crippen LogP contribution in [0.1, 0.15) is 51.6 Å². The van der Waals surface area contributed by atoms with Gasteiger partial charge in [0.05, 0.1) is 5.56 Å². The Morgan fingerprint density at radius 1 is 1.07 bits per heavy atom. The minimum absolute atomic E-state index is 0.00664. The van der Waals surface area contributed by atoms with Gasteiger partial charge in [-0.1, -0.05) is 12.1 Å². The Balaban J connectivity index is 1.53. The number of nitrogens with zero attached hydrogens (tertiary/aromatic N) is 1. The molecule has 2 atom stereocenters. The van der Waals surface area contributed by atoms with Gasteiger partial charge in [-0.15, -0.1) is 0 Å². The number of primary amides is 1. The average molecular weight is 419 g/mol. The van der Waals surface area contributed by atoms with Crippen molar-refractivity contribution in [2.75, 3.05) is 6.54 Å². The fourth-order valence-electron chi connectivity index (χ4n) is 3.67. The third-order valence-corrected chi connectivity index (χ3v) is 5.45. The molecule has 1 heterocycles. The van der Waals surface area contributed by atoms with E-state index in [1.165, 1.54) is 24.3 Å². The Labute approximate surface area is 173 Å². The molecule has 1 aliphatic heterocycles. The predicted molar refractivity (Wildman–Crippen MR) is 107 cm³/mol. The molecule has 2 aromatic rings. The third kappa shape index (κ3) is 5.38. The molecule has 0 bridgehead atoms. The highest BCUT2D eigenvalue weighted by molar-refractivity contribution is 5.97. The highest BCUT2D eigenvalue weighted by Gasteiger charge is 2.30. The van der Waals surface area contributed by atoms with Crippen LogP contribution >= 0.6 is 0 Å². The van der Waals surface area contributed by atoms with Gasteiger partial charge < -0.3 is 11.1 Å². The van der Waals surface area contributed by atoms with Gasteiger partial charge in [0.1, 0.15) is 0 Å². The zero-order valence-electron chi connectivity index (χ0n) is 16.6. The van der Waals surface area contributed by atoms with E-state index >= 15 is 0 Å². The molecule has 2 aromatic carbocycles. The highest BCUT2D eigenvalue weighted by atomic mass is 19.4. The van der Waals surface area contributed by atoms with Crippen molar-refractivity contribution in [3.05, 3.63) is 70.8 Å². The molecule has 160 valence electrons. The molecule has 8 heteroatoms. The second-order valence-corrected chi connectivity index (χ2v) is 7.65. The minimum Gasteiger partial charge on any atom is -0.366 e. The molecular weight excluding hydrogens is 395 g/mol. The van der Waals surface area contributed by atoms with Crippen molar-refractivity contribution in [3.63, 3.8) is 0 Å². The van der Waals surface area contributed by atoms with Crippen LogP contribution in [0.25, 0.3) is 0 Å². The van der Waals surface area contributed by atoms with Crippen LogP contribution in [0.2, 0.25) is 0 Å². The van der Waals surface area contributed by atoms with Crippen LogP contribution in [0.4, 0.5) is 13.2 Å². The lowest BCUT2D eigenvalue weighted by atomic mass is 9.97. The summed E-state index contributed by atoms with van der Waals surface area (Å²) in [5, 5.41) is 3.02. The molecule has 5 nitrogen and oxygen atoms in total. The van der Waals surface area contributed by atoms with Crippen molar-refractivity contribution < 1.29 is 22.8 Å². The highest BCUT2D eigenvalue weighted by Crippen LogP contribution is 2.29. The van der Waals surface area contributed by atoms with Gasteiger partial charge in [0.25, 0.3) is 5.91 Å². The van der Waals surface area contributed by atoms with Gasteiger partial charge in [-0.05, 0) is 61.7 Å². The quantitative estimate of drug-likeness (QED) is 0.778. The molecule has 0 saturated carbocycles. The zero-order chi connectivity index (χ0) is 21.9. The zero-order valence-corrected chi connectivity index (χ0v) is 16.6. The number of hydrogen-bond donors (Lipinski definition) is 2. The van der Waals surface area contributed by atoms with Gasteiger partial charge in [0.2, 0.25) is 5.91 Å². The number of carbonyl (C=O) groups is 2. The summed E-state index contributed by atoms with van der Waals surface area (Å²) in [6.07, 6.45) is -2.84. The fraction of sp³-hybridized carbons (Fsp3) is 0.364. The molecule has 3 rings (SSSR count). The predicted octanol–water partition coefficient (Wildman–Crippen LogP) is 3.59. The Hall–Kier alpha value is -2.87. The number of nitrogens with two attached hydrogens (primary N) is 1. The summed E-state index contributed by atoms with van der Waals surface area (Å²) in [6, 6.07) is 11.6. The number of nitrogens with one attached hydrogen (secondary N) is 1. The fourth-order valence-corrected chi connectivity index (χ4v) is 3.67. The van der Waals surface area contributed by atoms with Gasteiger partial charge in [-0.3, -0.25) is 14.5 Å². The number of benzene rings is 2.